The summed E-state index contributed by atoms with van der Waals surface area (Å²) < 4.78 is 17.1. The van der Waals surface area contributed by atoms with Crippen LogP contribution in [0.2, 0.25) is 0 Å². The molecule has 2 saturated heterocycles. The second-order valence-corrected chi connectivity index (χ2v) is 10.4. The van der Waals surface area contributed by atoms with E-state index >= 15 is 0 Å². The molecule has 212 valence electrons. The fraction of sp³-hybridized carbons (Fsp3) is 0.258. The van der Waals surface area contributed by atoms with E-state index < -0.39 is 17.1 Å². The summed E-state index contributed by atoms with van der Waals surface area (Å²) >= 11 is 0.804. The average Bonchev–Trinajstić information content (AvgIpc) is 3.25. The van der Waals surface area contributed by atoms with E-state index in [2.05, 4.69) is 10.2 Å². The minimum absolute atomic E-state index is 0.234. The molecule has 1 N–H and O–H groups in total. The fourth-order valence-electron chi connectivity index (χ4n) is 4.45. The number of ether oxygens (including phenoxy) is 3. The zero-order valence-corrected chi connectivity index (χ0v) is 23.5. The van der Waals surface area contributed by atoms with Gasteiger partial charge in [-0.05, 0) is 72.3 Å². The van der Waals surface area contributed by atoms with Crippen LogP contribution < -0.4 is 19.7 Å². The summed E-state index contributed by atoms with van der Waals surface area (Å²) in [5.74, 6) is 0.150. The van der Waals surface area contributed by atoms with Crippen molar-refractivity contribution in [2.75, 3.05) is 49.7 Å². The van der Waals surface area contributed by atoms with Crippen molar-refractivity contribution in [3.8, 4) is 11.5 Å². The monoisotopic (exact) mass is 573 g/mol. The molecule has 5 rings (SSSR count). The maximum Gasteiger partial charge on any atom is 0.294 e. The molecule has 3 amide bonds. The zero-order chi connectivity index (χ0) is 28.6. The number of hydrogen-bond acceptors (Lipinski definition) is 8. The zero-order valence-electron chi connectivity index (χ0n) is 22.7. The predicted octanol–water partition coefficient (Wildman–Crippen LogP) is 5.18. The van der Waals surface area contributed by atoms with Crippen LogP contribution in [0.3, 0.4) is 0 Å². The summed E-state index contributed by atoms with van der Waals surface area (Å²) in [5.41, 5.74) is 3.34. The second-order valence-electron chi connectivity index (χ2n) is 9.38. The normalized spacial score (nSPS) is 16.3. The number of nitrogens with zero attached hydrogens (tertiary/aromatic N) is 2. The van der Waals surface area contributed by atoms with Gasteiger partial charge < -0.3 is 24.4 Å². The van der Waals surface area contributed by atoms with Crippen LogP contribution in [-0.4, -0.2) is 61.4 Å². The SMILES string of the molecule is CCOc1cc(/C=C2/SC(=O)N(CC(=O)Nc3ccc(N4CCOCC4)cc3)C2=O)ccc1OCc1ccccc1. The number of carbonyl (C=O) groups is 3. The van der Waals surface area contributed by atoms with Crippen molar-refractivity contribution in [2.45, 2.75) is 13.5 Å². The Morgan fingerprint density at radius 2 is 1.73 bits per heavy atom. The van der Waals surface area contributed by atoms with Crippen LogP contribution in [0.5, 0.6) is 11.5 Å². The number of hydrogen-bond donors (Lipinski definition) is 1. The molecule has 2 aliphatic rings. The van der Waals surface area contributed by atoms with Crippen molar-refractivity contribution >= 4 is 46.3 Å². The number of imide groups is 1. The van der Waals surface area contributed by atoms with Crippen LogP contribution in [0.4, 0.5) is 16.2 Å². The van der Waals surface area contributed by atoms with Gasteiger partial charge >= 0.3 is 0 Å². The Kier molecular flexibility index (Phi) is 9.22. The number of amides is 3. The average molecular weight is 574 g/mol. The maximum absolute atomic E-state index is 13.0. The van der Waals surface area contributed by atoms with Gasteiger partial charge in [-0.1, -0.05) is 36.4 Å². The lowest BCUT2D eigenvalue weighted by Crippen LogP contribution is -2.36. The third kappa shape index (κ3) is 7.27. The molecule has 0 saturated carbocycles. The first-order valence-electron chi connectivity index (χ1n) is 13.4. The third-order valence-corrected chi connectivity index (χ3v) is 7.41. The van der Waals surface area contributed by atoms with Crippen molar-refractivity contribution in [1.82, 2.24) is 4.90 Å². The van der Waals surface area contributed by atoms with Gasteiger partial charge in [0.2, 0.25) is 5.91 Å². The molecule has 0 radical (unpaired) electrons. The molecule has 2 aliphatic heterocycles. The van der Waals surface area contributed by atoms with Gasteiger partial charge in [0.25, 0.3) is 11.1 Å². The van der Waals surface area contributed by atoms with Crippen LogP contribution in [0.1, 0.15) is 18.1 Å². The van der Waals surface area contributed by atoms with E-state index in [1.54, 1.807) is 36.4 Å². The number of thioether (sulfide) groups is 1. The van der Waals surface area contributed by atoms with Gasteiger partial charge in [0.05, 0.1) is 24.7 Å². The molecular weight excluding hydrogens is 542 g/mol. The minimum Gasteiger partial charge on any atom is -0.490 e. The van der Waals surface area contributed by atoms with Crippen LogP contribution in [0, 0.1) is 0 Å². The van der Waals surface area contributed by atoms with Gasteiger partial charge in [0.15, 0.2) is 11.5 Å². The van der Waals surface area contributed by atoms with Crippen LogP contribution >= 0.6 is 11.8 Å². The summed E-state index contributed by atoms with van der Waals surface area (Å²) in [4.78, 5) is 41.7. The molecule has 2 fully saturated rings. The van der Waals surface area contributed by atoms with Crippen LogP contribution in [0.25, 0.3) is 6.08 Å². The molecule has 10 heteroatoms. The number of carbonyl (C=O) groups excluding carboxylic acids is 3. The highest BCUT2D eigenvalue weighted by atomic mass is 32.2. The Morgan fingerprint density at radius 3 is 2.46 bits per heavy atom. The van der Waals surface area contributed by atoms with E-state index in [4.69, 9.17) is 14.2 Å². The molecule has 2 heterocycles. The number of nitrogens with one attached hydrogen (secondary N) is 1. The lowest BCUT2D eigenvalue weighted by molar-refractivity contribution is -0.127. The van der Waals surface area contributed by atoms with E-state index in [1.807, 2.05) is 49.4 Å². The van der Waals surface area contributed by atoms with E-state index in [0.717, 1.165) is 41.0 Å². The molecule has 0 aliphatic carbocycles. The smallest absolute Gasteiger partial charge is 0.294 e. The molecule has 0 unspecified atom stereocenters. The van der Waals surface area contributed by atoms with Gasteiger partial charge in [-0.3, -0.25) is 19.3 Å². The molecule has 41 heavy (non-hydrogen) atoms. The molecule has 0 atom stereocenters. The van der Waals surface area contributed by atoms with E-state index in [0.29, 0.717) is 49.2 Å². The Hall–Kier alpha value is -4.28. The molecule has 0 bridgehead atoms. The lowest BCUT2D eigenvalue weighted by atomic mass is 10.1. The van der Waals surface area contributed by atoms with E-state index in [1.165, 1.54) is 0 Å². The predicted molar refractivity (Wildman–Crippen MR) is 159 cm³/mol. The number of rotatable bonds is 10. The van der Waals surface area contributed by atoms with Crippen LogP contribution in [0.15, 0.2) is 77.7 Å². The highest BCUT2D eigenvalue weighted by molar-refractivity contribution is 8.18. The summed E-state index contributed by atoms with van der Waals surface area (Å²) in [6.45, 7) is 5.34. The van der Waals surface area contributed by atoms with Crippen molar-refractivity contribution in [3.63, 3.8) is 0 Å². The first-order valence-corrected chi connectivity index (χ1v) is 14.2. The Bertz CT molecular complexity index is 1420. The highest BCUT2D eigenvalue weighted by Crippen LogP contribution is 2.35. The number of anilines is 2. The molecular formula is C31H31N3O6S. The highest BCUT2D eigenvalue weighted by Gasteiger charge is 2.36. The molecule has 9 nitrogen and oxygen atoms in total. The van der Waals surface area contributed by atoms with Crippen molar-refractivity contribution in [2.24, 2.45) is 0 Å². The van der Waals surface area contributed by atoms with Gasteiger partial charge in [0.1, 0.15) is 13.2 Å². The van der Waals surface area contributed by atoms with Crippen LogP contribution in [-0.2, 0) is 20.9 Å². The molecule has 0 aromatic heterocycles. The quantitative estimate of drug-likeness (QED) is 0.332. The number of benzene rings is 3. The van der Waals surface area contributed by atoms with Gasteiger partial charge in [-0.15, -0.1) is 0 Å². The number of morpholine rings is 1. The summed E-state index contributed by atoms with van der Waals surface area (Å²) in [7, 11) is 0. The van der Waals surface area contributed by atoms with Crippen molar-refractivity contribution in [3.05, 3.63) is 88.8 Å². The minimum atomic E-state index is -0.514. The fourth-order valence-corrected chi connectivity index (χ4v) is 5.28. The third-order valence-electron chi connectivity index (χ3n) is 6.51. The second kappa shape index (κ2) is 13.4. The van der Waals surface area contributed by atoms with Gasteiger partial charge in [-0.2, -0.15) is 0 Å². The lowest BCUT2D eigenvalue weighted by Gasteiger charge is -2.28. The Labute approximate surface area is 243 Å². The molecule has 0 spiro atoms. The Balaban J connectivity index is 1.20. The topological polar surface area (TPSA) is 97.4 Å². The summed E-state index contributed by atoms with van der Waals surface area (Å²) in [6, 6.07) is 22.6. The van der Waals surface area contributed by atoms with E-state index in [9.17, 15) is 14.4 Å². The van der Waals surface area contributed by atoms with Gasteiger partial charge in [0, 0.05) is 24.5 Å². The summed E-state index contributed by atoms with van der Waals surface area (Å²) in [6.07, 6.45) is 1.62. The molecule has 3 aromatic rings. The Morgan fingerprint density at radius 1 is 0.976 bits per heavy atom. The molecule has 3 aromatic carbocycles. The maximum atomic E-state index is 13.0. The summed E-state index contributed by atoms with van der Waals surface area (Å²) in [5, 5.41) is 2.28. The van der Waals surface area contributed by atoms with E-state index in [-0.39, 0.29) is 11.4 Å². The standard InChI is InChI=1S/C31H31N3O6S/c1-2-39-27-18-23(8-13-26(27)40-21-22-6-4-3-5-7-22)19-28-30(36)34(31(37)41-28)20-29(35)32-24-9-11-25(12-10-24)33-14-16-38-17-15-33/h3-13,18-19H,2,14-17,20-21H2,1H3,(H,32,35)/b28-19+. The van der Waals surface area contributed by atoms with Gasteiger partial charge in [-0.25, -0.2) is 0 Å². The largest absolute Gasteiger partial charge is 0.490 e. The van der Waals surface area contributed by atoms with Crippen molar-refractivity contribution in [1.29, 1.82) is 0 Å². The first kappa shape index (κ1) is 28.3. The first-order chi connectivity index (χ1) is 20.0. The van der Waals surface area contributed by atoms with Crippen molar-refractivity contribution < 1.29 is 28.6 Å².